The first kappa shape index (κ1) is 14.4. The Hall–Kier alpha value is -1.97. The fraction of sp³-hybridized carbons (Fsp3) is 0.438. The van der Waals surface area contributed by atoms with Crippen LogP contribution in [0.1, 0.15) is 31.9 Å². The Labute approximate surface area is 119 Å². The van der Waals surface area contributed by atoms with Crippen molar-refractivity contribution in [3.63, 3.8) is 0 Å². The molecule has 0 fully saturated rings. The lowest BCUT2D eigenvalue weighted by atomic mass is 10.0. The molecule has 0 amide bonds. The largest absolute Gasteiger partial charge is 0.496 e. The first-order valence-corrected chi connectivity index (χ1v) is 6.64. The maximum absolute atomic E-state index is 11.8. The summed E-state index contributed by atoms with van der Waals surface area (Å²) in [6.45, 7) is 6.18. The highest BCUT2D eigenvalue weighted by Crippen LogP contribution is 2.35. The normalized spacial score (nSPS) is 14.0. The highest BCUT2D eigenvalue weighted by atomic mass is 16.6. The number of ether oxygens (including phenoxy) is 3. The van der Waals surface area contributed by atoms with Gasteiger partial charge in [0.2, 0.25) is 0 Å². The predicted octanol–water partition coefficient (Wildman–Crippen LogP) is 2.99. The molecular formula is C16H20O4. The van der Waals surface area contributed by atoms with E-state index in [0.717, 1.165) is 29.0 Å². The first-order valence-electron chi connectivity index (χ1n) is 6.64. The number of benzene rings is 1. The molecule has 0 bridgehead atoms. The van der Waals surface area contributed by atoms with Crippen LogP contribution < -0.4 is 9.47 Å². The van der Waals surface area contributed by atoms with Gasteiger partial charge in [-0.2, -0.15) is 0 Å². The molecule has 0 spiro atoms. The minimum atomic E-state index is -0.493. The Morgan fingerprint density at radius 2 is 2.10 bits per heavy atom. The van der Waals surface area contributed by atoms with Crippen LogP contribution in [-0.4, -0.2) is 25.3 Å². The molecule has 0 saturated carbocycles. The molecule has 0 aliphatic carbocycles. The molecule has 0 unspecified atom stereocenters. The van der Waals surface area contributed by atoms with Gasteiger partial charge in [0.1, 0.15) is 17.1 Å². The van der Waals surface area contributed by atoms with Gasteiger partial charge in [0, 0.05) is 23.6 Å². The van der Waals surface area contributed by atoms with E-state index in [2.05, 4.69) is 0 Å². The summed E-state index contributed by atoms with van der Waals surface area (Å²) in [6, 6.07) is 3.74. The Morgan fingerprint density at radius 1 is 1.35 bits per heavy atom. The van der Waals surface area contributed by atoms with Crippen molar-refractivity contribution in [3.8, 4) is 11.5 Å². The quantitative estimate of drug-likeness (QED) is 0.629. The number of esters is 1. The highest BCUT2D eigenvalue weighted by molar-refractivity contribution is 5.88. The smallest absolute Gasteiger partial charge is 0.331 e. The Kier molecular flexibility index (Phi) is 4.02. The zero-order valence-electron chi connectivity index (χ0n) is 12.4. The van der Waals surface area contributed by atoms with E-state index in [1.165, 1.54) is 6.08 Å². The van der Waals surface area contributed by atoms with Gasteiger partial charge >= 0.3 is 5.97 Å². The summed E-state index contributed by atoms with van der Waals surface area (Å²) >= 11 is 0. The summed E-state index contributed by atoms with van der Waals surface area (Å²) in [6.07, 6.45) is 3.99. The van der Waals surface area contributed by atoms with Gasteiger partial charge in [0.05, 0.1) is 13.7 Å². The fourth-order valence-corrected chi connectivity index (χ4v) is 2.13. The summed E-state index contributed by atoms with van der Waals surface area (Å²) in [4.78, 5) is 11.8. The van der Waals surface area contributed by atoms with Gasteiger partial charge in [-0.25, -0.2) is 4.79 Å². The van der Waals surface area contributed by atoms with Crippen LogP contribution in [0.2, 0.25) is 0 Å². The third kappa shape index (κ3) is 3.32. The third-order valence-corrected chi connectivity index (χ3v) is 2.90. The molecule has 1 heterocycles. The number of carbonyl (C=O) groups is 1. The maximum Gasteiger partial charge on any atom is 0.331 e. The summed E-state index contributed by atoms with van der Waals surface area (Å²) in [5, 5.41) is 0. The van der Waals surface area contributed by atoms with E-state index in [1.807, 2.05) is 32.9 Å². The molecule has 108 valence electrons. The number of hydrogen-bond donors (Lipinski definition) is 0. The zero-order chi connectivity index (χ0) is 14.8. The summed E-state index contributed by atoms with van der Waals surface area (Å²) in [5.41, 5.74) is 1.46. The average Bonchev–Trinajstić information content (AvgIpc) is 2.81. The summed E-state index contributed by atoms with van der Waals surface area (Å²) in [5.74, 6) is 1.22. The van der Waals surface area contributed by atoms with Gasteiger partial charge in [0.25, 0.3) is 0 Å². The topological polar surface area (TPSA) is 44.8 Å². The van der Waals surface area contributed by atoms with Gasteiger partial charge in [-0.1, -0.05) is 0 Å². The Morgan fingerprint density at radius 3 is 2.75 bits per heavy atom. The van der Waals surface area contributed by atoms with E-state index in [1.54, 1.807) is 13.2 Å². The third-order valence-electron chi connectivity index (χ3n) is 2.90. The van der Waals surface area contributed by atoms with Crippen LogP contribution in [0.3, 0.4) is 0 Å². The van der Waals surface area contributed by atoms with Crippen LogP contribution in [0.25, 0.3) is 6.08 Å². The van der Waals surface area contributed by atoms with E-state index in [-0.39, 0.29) is 5.97 Å². The number of fused-ring (bicyclic) bond motifs is 1. The minimum absolute atomic E-state index is 0.365. The monoisotopic (exact) mass is 276 g/mol. The zero-order valence-corrected chi connectivity index (χ0v) is 12.4. The van der Waals surface area contributed by atoms with Crippen molar-refractivity contribution in [2.75, 3.05) is 13.7 Å². The summed E-state index contributed by atoms with van der Waals surface area (Å²) in [7, 11) is 1.61. The predicted molar refractivity (Wildman–Crippen MR) is 77.1 cm³/mol. The van der Waals surface area contributed by atoms with Gasteiger partial charge in [0.15, 0.2) is 0 Å². The van der Waals surface area contributed by atoms with Crippen molar-refractivity contribution < 1.29 is 19.0 Å². The number of rotatable bonds is 3. The molecule has 0 atom stereocenters. The van der Waals surface area contributed by atoms with Crippen molar-refractivity contribution in [2.45, 2.75) is 32.8 Å². The first-order chi connectivity index (χ1) is 9.40. The van der Waals surface area contributed by atoms with Gasteiger partial charge in [-0.15, -0.1) is 0 Å². The van der Waals surface area contributed by atoms with Crippen molar-refractivity contribution >= 4 is 12.0 Å². The number of methoxy groups -OCH3 is 1. The van der Waals surface area contributed by atoms with E-state index in [9.17, 15) is 4.79 Å². The molecule has 2 rings (SSSR count). The summed E-state index contributed by atoms with van der Waals surface area (Å²) < 4.78 is 16.1. The second kappa shape index (κ2) is 5.57. The van der Waals surface area contributed by atoms with Crippen LogP contribution in [0.5, 0.6) is 11.5 Å². The molecule has 4 nitrogen and oxygen atoms in total. The van der Waals surface area contributed by atoms with Gasteiger partial charge in [-0.3, -0.25) is 0 Å². The molecule has 1 aromatic carbocycles. The van der Waals surface area contributed by atoms with E-state index >= 15 is 0 Å². The van der Waals surface area contributed by atoms with E-state index in [4.69, 9.17) is 14.2 Å². The molecule has 0 radical (unpaired) electrons. The van der Waals surface area contributed by atoms with Crippen LogP contribution in [0, 0.1) is 0 Å². The van der Waals surface area contributed by atoms with Crippen LogP contribution >= 0.6 is 0 Å². The molecule has 4 heteroatoms. The molecular weight excluding hydrogens is 256 g/mol. The Balaban J connectivity index is 2.25. The number of carbonyl (C=O) groups excluding carboxylic acids is 1. The molecule has 0 saturated heterocycles. The molecule has 20 heavy (non-hydrogen) atoms. The second-order valence-corrected chi connectivity index (χ2v) is 5.62. The molecule has 0 aromatic heterocycles. The maximum atomic E-state index is 11.8. The Bertz CT molecular complexity index is 538. The van der Waals surface area contributed by atoms with Crippen molar-refractivity contribution in [1.29, 1.82) is 0 Å². The van der Waals surface area contributed by atoms with Crippen molar-refractivity contribution in [3.05, 3.63) is 29.3 Å². The lowest BCUT2D eigenvalue weighted by molar-refractivity contribution is -0.148. The molecule has 1 aliphatic heterocycles. The van der Waals surface area contributed by atoms with Crippen LogP contribution in [-0.2, 0) is 16.0 Å². The van der Waals surface area contributed by atoms with E-state index in [0.29, 0.717) is 6.61 Å². The van der Waals surface area contributed by atoms with Crippen LogP contribution in [0.4, 0.5) is 0 Å². The minimum Gasteiger partial charge on any atom is -0.496 e. The van der Waals surface area contributed by atoms with Gasteiger partial charge < -0.3 is 14.2 Å². The van der Waals surface area contributed by atoms with Gasteiger partial charge in [-0.05, 0) is 39.0 Å². The molecule has 0 N–H and O–H groups in total. The standard InChI is InChI=1S/C16H20O4/c1-16(2,3)20-15(17)8-5-11-12-9-10-19-14(12)7-6-13(11)18-4/h5-8H,9-10H2,1-4H3/b8-5+. The second-order valence-electron chi connectivity index (χ2n) is 5.62. The highest BCUT2D eigenvalue weighted by Gasteiger charge is 2.19. The molecule has 1 aliphatic rings. The fourth-order valence-electron chi connectivity index (χ4n) is 2.13. The van der Waals surface area contributed by atoms with Crippen molar-refractivity contribution in [2.24, 2.45) is 0 Å². The van der Waals surface area contributed by atoms with Crippen LogP contribution in [0.15, 0.2) is 18.2 Å². The lowest BCUT2D eigenvalue weighted by Gasteiger charge is -2.18. The average molecular weight is 276 g/mol. The lowest BCUT2D eigenvalue weighted by Crippen LogP contribution is -2.22. The van der Waals surface area contributed by atoms with E-state index < -0.39 is 5.60 Å². The van der Waals surface area contributed by atoms with Crippen molar-refractivity contribution in [1.82, 2.24) is 0 Å². The molecule has 1 aromatic rings. The SMILES string of the molecule is COc1ccc2c(c1/C=C/C(=O)OC(C)(C)C)CCO2. The number of hydrogen-bond acceptors (Lipinski definition) is 4.